The van der Waals surface area contributed by atoms with Gasteiger partial charge < -0.3 is 9.88 Å². The average molecular weight is 282 g/mol. The number of H-pyrrole nitrogens is 1. The minimum absolute atomic E-state index is 0.105. The summed E-state index contributed by atoms with van der Waals surface area (Å²) >= 11 is 5.90. The van der Waals surface area contributed by atoms with Gasteiger partial charge in [-0.25, -0.2) is 4.98 Å². The van der Waals surface area contributed by atoms with Gasteiger partial charge in [-0.15, -0.1) is 0 Å². The first-order valence-electron chi connectivity index (χ1n) is 6.18. The van der Waals surface area contributed by atoms with Crippen molar-refractivity contribution in [1.82, 2.24) is 25.1 Å². The molecule has 0 aromatic carbocycles. The number of aromatic amines is 1. The molecule has 0 saturated carbocycles. The molecule has 0 saturated heterocycles. The minimum Gasteiger partial charge on any atom is -0.351 e. The Bertz CT molecular complexity index is 534. The van der Waals surface area contributed by atoms with Crippen molar-refractivity contribution in [3.8, 4) is 0 Å². The van der Waals surface area contributed by atoms with E-state index in [0.717, 1.165) is 18.7 Å². The summed E-state index contributed by atoms with van der Waals surface area (Å²) in [4.78, 5) is 16.0. The summed E-state index contributed by atoms with van der Waals surface area (Å²) in [6, 6.07) is 1.68. The molecule has 0 aliphatic heterocycles. The Kier molecular flexibility index (Phi) is 4.57. The number of carbonyl (C=O) groups is 1. The second kappa shape index (κ2) is 6.38. The lowest BCUT2D eigenvalue weighted by atomic mass is 10.3. The van der Waals surface area contributed by atoms with Gasteiger partial charge in [0.1, 0.15) is 17.8 Å². The number of aromatic nitrogens is 4. The van der Waals surface area contributed by atoms with Crippen LogP contribution in [0.2, 0.25) is 5.02 Å². The maximum Gasteiger partial charge on any atom is 0.267 e. The van der Waals surface area contributed by atoms with Crippen molar-refractivity contribution in [3.05, 3.63) is 35.1 Å². The number of carbonyl (C=O) groups excluding carboxylic acids is 1. The number of nitrogens with zero attached hydrogens (tertiary/aromatic N) is 3. The zero-order valence-corrected chi connectivity index (χ0v) is 11.4. The van der Waals surface area contributed by atoms with Gasteiger partial charge >= 0.3 is 0 Å². The van der Waals surface area contributed by atoms with Gasteiger partial charge in [0, 0.05) is 25.7 Å². The fraction of sp³-hybridized carbons (Fsp3) is 0.417. The van der Waals surface area contributed by atoms with Gasteiger partial charge in [0.15, 0.2) is 0 Å². The van der Waals surface area contributed by atoms with Crippen LogP contribution in [0.5, 0.6) is 0 Å². The molecule has 2 aromatic heterocycles. The Balaban J connectivity index is 1.80. The number of aryl methyl sites for hydroxylation is 2. The lowest BCUT2D eigenvalue weighted by Crippen LogP contribution is -2.27. The maximum atomic E-state index is 12.0. The van der Waals surface area contributed by atoms with E-state index >= 15 is 0 Å². The normalized spacial score (nSPS) is 10.6. The van der Waals surface area contributed by atoms with Crippen LogP contribution in [0.3, 0.4) is 0 Å². The van der Waals surface area contributed by atoms with Crippen molar-refractivity contribution in [3.63, 3.8) is 0 Å². The van der Waals surface area contributed by atoms with Crippen LogP contribution in [0.15, 0.2) is 18.6 Å². The summed E-state index contributed by atoms with van der Waals surface area (Å²) in [7, 11) is 0. The molecule has 1 amide bonds. The van der Waals surface area contributed by atoms with Crippen LogP contribution < -0.4 is 5.32 Å². The molecule has 2 aromatic rings. The molecule has 0 bridgehead atoms. The molecule has 0 fully saturated rings. The molecule has 2 rings (SSSR count). The Morgan fingerprint density at radius 1 is 1.58 bits per heavy atom. The number of halogens is 1. The number of nitrogens with one attached hydrogen (secondary N) is 2. The van der Waals surface area contributed by atoms with Gasteiger partial charge in [-0.05, 0) is 19.4 Å². The highest BCUT2D eigenvalue weighted by Crippen LogP contribution is 2.13. The molecule has 0 aliphatic carbocycles. The molecule has 0 aliphatic rings. The lowest BCUT2D eigenvalue weighted by molar-refractivity contribution is 0.0944. The molecule has 0 spiro atoms. The number of rotatable bonds is 6. The molecule has 19 heavy (non-hydrogen) atoms. The van der Waals surface area contributed by atoms with Crippen molar-refractivity contribution in [2.75, 3.05) is 6.54 Å². The van der Waals surface area contributed by atoms with Crippen molar-refractivity contribution in [2.45, 2.75) is 26.3 Å². The van der Waals surface area contributed by atoms with E-state index in [1.807, 2.05) is 11.5 Å². The van der Waals surface area contributed by atoms with Crippen LogP contribution in [0.4, 0.5) is 0 Å². The predicted molar refractivity (Wildman–Crippen MR) is 72.2 cm³/mol. The second-order valence-electron chi connectivity index (χ2n) is 4.12. The quantitative estimate of drug-likeness (QED) is 0.791. The van der Waals surface area contributed by atoms with E-state index in [0.29, 0.717) is 23.8 Å². The monoisotopic (exact) mass is 281 g/mol. The minimum atomic E-state index is -0.105. The summed E-state index contributed by atoms with van der Waals surface area (Å²) in [6.45, 7) is 3.27. The predicted octanol–water partition coefficient (Wildman–Crippen LogP) is 1.64. The van der Waals surface area contributed by atoms with Gasteiger partial charge in [0.05, 0.1) is 5.02 Å². The molecular formula is C12H16ClN5O. The maximum absolute atomic E-state index is 12.0. The molecule has 2 N–H and O–H groups in total. The molecular weight excluding hydrogens is 266 g/mol. The van der Waals surface area contributed by atoms with Gasteiger partial charge in [0.25, 0.3) is 5.91 Å². The zero-order valence-electron chi connectivity index (χ0n) is 10.7. The first-order chi connectivity index (χ1) is 9.20. The van der Waals surface area contributed by atoms with E-state index in [2.05, 4.69) is 20.5 Å². The molecule has 6 nitrogen and oxygen atoms in total. The van der Waals surface area contributed by atoms with Crippen molar-refractivity contribution < 1.29 is 4.79 Å². The van der Waals surface area contributed by atoms with E-state index < -0.39 is 0 Å². The highest BCUT2D eigenvalue weighted by molar-refractivity contribution is 6.31. The van der Waals surface area contributed by atoms with E-state index in [9.17, 15) is 4.79 Å². The Morgan fingerprint density at radius 3 is 3.11 bits per heavy atom. The number of amides is 1. The van der Waals surface area contributed by atoms with Crippen LogP contribution in [0.1, 0.15) is 29.7 Å². The number of hydrogen-bond donors (Lipinski definition) is 2. The smallest absolute Gasteiger partial charge is 0.267 e. The van der Waals surface area contributed by atoms with Crippen LogP contribution in [-0.2, 0) is 13.0 Å². The van der Waals surface area contributed by atoms with Crippen molar-refractivity contribution in [2.24, 2.45) is 0 Å². The first-order valence-corrected chi connectivity index (χ1v) is 6.56. The Labute approximate surface area is 116 Å². The molecule has 7 heteroatoms. The zero-order chi connectivity index (χ0) is 13.7. The van der Waals surface area contributed by atoms with E-state index in [-0.39, 0.29) is 5.91 Å². The van der Waals surface area contributed by atoms with Gasteiger partial charge in [-0.3, -0.25) is 9.89 Å². The average Bonchev–Trinajstić information content (AvgIpc) is 3.03. The largest absolute Gasteiger partial charge is 0.351 e. The summed E-state index contributed by atoms with van der Waals surface area (Å²) in [5.41, 5.74) is 0.590. The standard InChI is InChI=1S/C12H16ClN5O/c1-2-18-7-9(13)6-10(18)12(19)14-5-3-4-11-15-8-16-17-11/h6-8H,2-5H2,1H3,(H,14,19)(H,15,16,17). The van der Waals surface area contributed by atoms with Crippen LogP contribution >= 0.6 is 11.6 Å². The lowest BCUT2D eigenvalue weighted by Gasteiger charge is -2.07. The topological polar surface area (TPSA) is 75.6 Å². The van der Waals surface area contributed by atoms with Crippen molar-refractivity contribution >= 4 is 17.5 Å². The summed E-state index contributed by atoms with van der Waals surface area (Å²) in [6.07, 6.45) is 4.80. The fourth-order valence-corrected chi connectivity index (χ4v) is 2.05. The molecule has 0 unspecified atom stereocenters. The van der Waals surface area contributed by atoms with Gasteiger partial charge in [-0.1, -0.05) is 11.6 Å². The summed E-state index contributed by atoms with van der Waals surface area (Å²) in [5, 5.41) is 10.00. The number of hydrogen-bond acceptors (Lipinski definition) is 3. The SMILES string of the molecule is CCn1cc(Cl)cc1C(=O)NCCCc1ncn[nH]1. The van der Waals surface area contributed by atoms with Crippen LogP contribution in [-0.4, -0.2) is 32.2 Å². The summed E-state index contributed by atoms with van der Waals surface area (Å²) < 4.78 is 1.83. The Hall–Kier alpha value is -1.82. The second-order valence-corrected chi connectivity index (χ2v) is 4.56. The third kappa shape index (κ3) is 3.57. The first kappa shape index (κ1) is 13.6. The summed E-state index contributed by atoms with van der Waals surface area (Å²) in [5.74, 6) is 0.723. The van der Waals surface area contributed by atoms with E-state index in [4.69, 9.17) is 11.6 Å². The molecule has 2 heterocycles. The molecule has 0 radical (unpaired) electrons. The van der Waals surface area contributed by atoms with Crippen LogP contribution in [0, 0.1) is 0 Å². The molecule has 102 valence electrons. The van der Waals surface area contributed by atoms with Crippen molar-refractivity contribution in [1.29, 1.82) is 0 Å². The van der Waals surface area contributed by atoms with Crippen LogP contribution in [0.25, 0.3) is 0 Å². The third-order valence-electron chi connectivity index (χ3n) is 2.78. The molecule has 0 atom stereocenters. The highest BCUT2D eigenvalue weighted by atomic mass is 35.5. The Morgan fingerprint density at radius 2 is 2.42 bits per heavy atom. The fourth-order valence-electron chi connectivity index (χ4n) is 1.83. The highest BCUT2D eigenvalue weighted by Gasteiger charge is 2.11. The third-order valence-corrected chi connectivity index (χ3v) is 2.98. The van der Waals surface area contributed by atoms with Gasteiger partial charge in [0.2, 0.25) is 0 Å². The van der Waals surface area contributed by atoms with E-state index in [1.165, 1.54) is 6.33 Å². The van der Waals surface area contributed by atoms with E-state index in [1.54, 1.807) is 12.3 Å². The van der Waals surface area contributed by atoms with Gasteiger partial charge in [-0.2, -0.15) is 5.10 Å².